The molecule has 2 rings (SSSR count). The predicted octanol–water partition coefficient (Wildman–Crippen LogP) is 2.12. The summed E-state index contributed by atoms with van der Waals surface area (Å²) in [7, 11) is 1.92. The Morgan fingerprint density at radius 2 is 2.28 bits per heavy atom. The van der Waals surface area contributed by atoms with E-state index in [1.807, 2.05) is 36.2 Å². The quantitative estimate of drug-likeness (QED) is 0.818. The van der Waals surface area contributed by atoms with Gasteiger partial charge in [-0.05, 0) is 31.6 Å². The molecule has 4 nitrogen and oxygen atoms in total. The number of urea groups is 1. The Hall–Kier alpha value is -1.07. The van der Waals surface area contributed by atoms with Gasteiger partial charge < -0.3 is 15.5 Å². The fraction of sp³-hybridized carbons (Fsp3) is 0.462. The molecule has 1 unspecified atom stereocenters. The molecule has 0 spiro atoms. The smallest absolute Gasteiger partial charge is 0.318 e. The van der Waals surface area contributed by atoms with Crippen molar-refractivity contribution in [2.75, 3.05) is 26.7 Å². The van der Waals surface area contributed by atoms with Gasteiger partial charge in [-0.2, -0.15) is 0 Å². The number of hydrogen-bond acceptors (Lipinski definition) is 2. The van der Waals surface area contributed by atoms with Crippen molar-refractivity contribution in [3.8, 4) is 0 Å². The monoisotopic (exact) mass is 311 g/mol. The van der Waals surface area contributed by atoms with Crippen molar-refractivity contribution in [3.05, 3.63) is 34.3 Å². The molecule has 1 heterocycles. The molecular weight excluding hydrogens is 294 g/mol. The fourth-order valence-corrected chi connectivity index (χ4v) is 2.72. The highest BCUT2D eigenvalue weighted by atomic mass is 79.9. The molecule has 1 aromatic carbocycles. The van der Waals surface area contributed by atoms with E-state index < -0.39 is 0 Å². The molecule has 1 aromatic rings. The van der Waals surface area contributed by atoms with E-state index in [0.29, 0.717) is 0 Å². The highest BCUT2D eigenvalue weighted by Gasteiger charge is 2.29. The zero-order valence-corrected chi connectivity index (χ0v) is 12.0. The van der Waals surface area contributed by atoms with Gasteiger partial charge in [-0.25, -0.2) is 4.79 Å². The van der Waals surface area contributed by atoms with Crippen LogP contribution in [0.3, 0.4) is 0 Å². The van der Waals surface area contributed by atoms with Crippen molar-refractivity contribution in [3.63, 3.8) is 0 Å². The second-order valence-corrected chi connectivity index (χ2v) is 5.28. The van der Waals surface area contributed by atoms with Gasteiger partial charge >= 0.3 is 6.03 Å². The molecular formula is C13H18BrN3O. The van der Waals surface area contributed by atoms with E-state index in [-0.39, 0.29) is 12.1 Å². The molecule has 1 atom stereocenters. The second-order valence-electron chi connectivity index (χ2n) is 4.43. The SMILES string of the molecule is CNCCCN1CC(c2ccccc2Br)NC1=O. The number of carbonyl (C=O) groups is 1. The molecule has 0 aliphatic carbocycles. The number of rotatable bonds is 5. The minimum Gasteiger partial charge on any atom is -0.329 e. The summed E-state index contributed by atoms with van der Waals surface area (Å²) in [5.74, 6) is 0. The summed E-state index contributed by atoms with van der Waals surface area (Å²) in [6.07, 6.45) is 0.979. The first-order valence-electron chi connectivity index (χ1n) is 6.17. The maximum atomic E-state index is 11.8. The van der Waals surface area contributed by atoms with Crippen LogP contribution in [0, 0.1) is 0 Å². The minimum absolute atomic E-state index is 0.0341. The Morgan fingerprint density at radius 1 is 1.50 bits per heavy atom. The van der Waals surface area contributed by atoms with Gasteiger partial charge in [0.25, 0.3) is 0 Å². The number of hydrogen-bond donors (Lipinski definition) is 2. The number of nitrogens with one attached hydrogen (secondary N) is 2. The van der Waals surface area contributed by atoms with E-state index in [9.17, 15) is 4.79 Å². The van der Waals surface area contributed by atoms with Crippen molar-refractivity contribution >= 4 is 22.0 Å². The highest BCUT2D eigenvalue weighted by molar-refractivity contribution is 9.10. The lowest BCUT2D eigenvalue weighted by Gasteiger charge is -2.15. The Labute approximate surface area is 116 Å². The van der Waals surface area contributed by atoms with Gasteiger partial charge in [0.05, 0.1) is 6.04 Å². The summed E-state index contributed by atoms with van der Waals surface area (Å²) in [4.78, 5) is 13.7. The van der Waals surface area contributed by atoms with Gasteiger partial charge in [0.2, 0.25) is 0 Å². The van der Waals surface area contributed by atoms with Gasteiger partial charge in [0.15, 0.2) is 0 Å². The zero-order chi connectivity index (χ0) is 13.0. The average Bonchev–Trinajstić information content (AvgIpc) is 2.72. The average molecular weight is 312 g/mol. The van der Waals surface area contributed by atoms with Crippen LogP contribution in [0.5, 0.6) is 0 Å². The summed E-state index contributed by atoms with van der Waals surface area (Å²) in [6.45, 7) is 2.47. The molecule has 98 valence electrons. The van der Waals surface area contributed by atoms with Crippen LogP contribution in [-0.2, 0) is 0 Å². The van der Waals surface area contributed by atoms with Crippen LogP contribution in [0.25, 0.3) is 0 Å². The van der Waals surface area contributed by atoms with Crippen LogP contribution in [0.1, 0.15) is 18.0 Å². The lowest BCUT2D eigenvalue weighted by Crippen LogP contribution is -2.30. The first kappa shape index (κ1) is 13.4. The minimum atomic E-state index is 0.0341. The Balaban J connectivity index is 1.98. The van der Waals surface area contributed by atoms with Crippen molar-refractivity contribution < 1.29 is 4.79 Å². The van der Waals surface area contributed by atoms with Crippen molar-refractivity contribution in [2.24, 2.45) is 0 Å². The molecule has 0 aromatic heterocycles. The van der Waals surface area contributed by atoms with Crippen LogP contribution in [0.2, 0.25) is 0 Å². The number of amides is 2. The maximum Gasteiger partial charge on any atom is 0.318 e. The number of nitrogens with zero attached hydrogens (tertiary/aromatic N) is 1. The van der Waals surface area contributed by atoms with Gasteiger partial charge in [-0.1, -0.05) is 34.1 Å². The van der Waals surface area contributed by atoms with Crippen molar-refractivity contribution in [1.29, 1.82) is 0 Å². The Bertz CT molecular complexity index is 424. The van der Waals surface area contributed by atoms with E-state index in [0.717, 1.165) is 36.1 Å². The van der Waals surface area contributed by atoms with E-state index in [2.05, 4.69) is 26.6 Å². The van der Waals surface area contributed by atoms with Gasteiger partial charge in [-0.15, -0.1) is 0 Å². The van der Waals surface area contributed by atoms with Gasteiger partial charge in [-0.3, -0.25) is 0 Å². The summed E-state index contributed by atoms with van der Waals surface area (Å²) in [6, 6.07) is 8.15. The molecule has 2 N–H and O–H groups in total. The summed E-state index contributed by atoms with van der Waals surface area (Å²) in [5, 5.41) is 6.12. The van der Waals surface area contributed by atoms with Gasteiger partial charge in [0.1, 0.15) is 0 Å². The molecule has 5 heteroatoms. The topological polar surface area (TPSA) is 44.4 Å². The Kier molecular flexibility index (Phi) is 4.60. The third-order valence-corrected chi connectivity index (χ3v) is 3.85. The molecule has 0 radical (unpaired) electrons. The Morgan fingerprint density at radius 3 is 3.00 bits per heavy atom. The molecule has 2 amide bonds. The van der Waals surface area contributed by atoms with Crippen molar-refractivity contribution in [1.82, 2.24) is 15.5 Å². The largest absolute Gasteiger partial charge is 0.329 e. The summed E-state index contributed by atoms with van der Waals surface area (Å²) < 4.78 is 1.05. The van der Waals surface area contributed by atoms with E-state index in [1.165, 1.54) is 0 Å². The summed E-state index contributed by atoms with van der Waals surface area (Å²) >= 11 is 3.53. The highest BCUT2D eigenvalue weighted by Crippen LogP contribution is 2.26. The molecule has 18 heavy (non-hydrogen) atoms. The van der Waals surface area contributed by atoms with Crippen molar-refractivity contribution in [2.45, 2.75) is 12.5 Å². The summed E-state index contributed by atoms with van der Waals surface area (Å²) in [5.41, 5.74) is 1.14. The van der Waals surface area contributed by atoms with Crippen LogP contribution < -0.4 is 10.6 Å². The zero-order valence-electron chi connectivity index (χ0n) is 10.4. The number of carbonyl (C=O) groups excluding carboxylic acids is 1. The predicted molar refractivity (Wildman–Crippen MR) is 75.5 cm³/mol. The maximum absolute atomic E-state index is 11.8. The molecule has 0 bridgehead atoms. The normalized spacial score (nSPS) is 19.1. The third kappa shape index (κ3) is 3.03. The lowest BCUT2D eigenvalue weighted by molar-refractivity contribution is 0.217. The van der Waals surface area contributed by atoms with Crippen LogP contribution in [-0.4, -0.2) is 37.6 Å². The van der Waals surface area contributed by atoms with Crippen LogP contribution >= 0.6 is 15.9 Å². The first-order chi connectivity index (χ1) is 8.72. The lowest BCUT2D eigenvalue weighted by atomic mass is 10.1. The fourth-order valence-electron chi connectivity index (χ4n) is 2.16. The molecule has 1 fully saturated rings. The van der Waals surface area contributed by atoms with Crippen LogP contribution in [0.4, 0.5) is 4.79 Å². The first-order valence-corrected chi connectivity index (χ1v) is 6.96. The standard InChI is InChI=1S/C13H18BrN3O/c1-15-7-4-8-17-9-12(16-13(17)18)10-5-2-3-6-11(10)14/h2-3,5-6,12,15H,4,7-9H2,1H3,(H,16,18). The molecule has 0 saturated carbocycles. The van der Waals surface area contributed by atoms with Gasteiger partial charge in [0, 0.05) is 17.6 Å². The van der Waals surface area contributed by atoms with E-state index >= 15 is 0 Å². The number of benzene rings is 1. The van der Waals surface area contributed by atoms with Crippen LogP contribution in [0.15, 0.2) is 28.7 Å². The molecule has 1 saturated heterocycles. The molecule has 1 aliphatic rings. The molecule has 1 aliphatic heterocycles. The third-order valence-electron chi connectivity index (χ3n) is 3.12. The second kappa shape index (κ2) is 6.20. The van der Waals surface area contributed by atoms with E-state index in [4.69, 9.17) is 0 Å². The van der Waals surface area contributed by atoms with E-state index in [1.54, 1.807) is 0 Å². The number of halogens is 1.